The van der Waals surface area contributed by atoms with Gasteiger partial charge in [-0.25, -0.2) is 0 Å². The quantitative estimate of drug-likeness (QED) is 0.632. The van der Waals surface area contributed by atoms with E-state index >= 15 is 0 Å². The fourth-order valence-electron chi connectivity index (χ4n) is 2.04. The van der Waals surface area contributed by atoms with Gasteiger partial charge in [0.2, 0.25) is 0 Å². The predicted octanol–water partition coefficient (Wildman–Crippen LogP) is 4.43. The predicted molar refractivity (Wildman–Crippen MR) is 89.5 cm³/mol. The van der Waals surface area contributed by atoms with Crippen molar-refractivity contribution in [1.82, 2.24) is 0 Å². The van der Waals surface area contributed by atoms with Crippen LogP contribution in [-0.2, 0) is 6.42 Å². The molecule has 0 heterocycles. The lowest BCUT2D eigenvalue weighted by Crippen LogP contribution is -2.07. The molecule has 0 aliphatic rings. The van der Waals surface area contributed by atoms with Crippen molar-refractivity contribution in [3.05, 3.63) is 57.6 Å². The second-order valence-corrected chi connectivity index (χ2v) is 5.61. The molecule has 0 aromatic heterocycles. The van der Waals surface area contributed by atoms with Crippen LogP contribution >= 0.6 is 23.2 Å². The van der Waals surface area contributed by atoms with Crippen LogP contribution in [0.15, 0.2) is 36.4 Å². The molecule has 0 aliphatic heterocycles. The average Bonchev–Trinajstić information content (AvgIpc) is 2.42. The van der Waals surface area contributed by atoms with Crippen molar-refractivity contribution in [3.63, 3.8) is 0 Å². The third-order valence-corrected chi connectivity index (χ3v) is 3.76. The molecule has 0 atom stereocenters. The molecule has 0 saturated heterocycles. The van der Waals surface area contributed by atoms with Crippen molar-refractivity contribution in [1.29, 1.82) is 0 Å². The molecule has 0 radical (unpaired) electrons. The van der Waals surface area contributed by atoms with Gasteiger partial charge in [0.1, 0.15) is 0 Å². The second kappa shape index (κ2) is 6.83. The van der Waals surface area contributed by atoms with Crippen LogP contribution in [0.3, 0.4) is 0 Å². The van der Waals surface area contributed by atoms with Gasteiger partial charge >= 0.3 is 0 Å². The number of nitrogens with one attached hydrogen (secondary N) is 1. The summed E-state index contributed by atoms with van der Waals surface area (Å²) in [6.45, 7) is 2.20. The summed E-state index contributed by atoms with van der Waals surface area (Å²) in [6.07, 6.45) is 0.760. The molecule has 3 nitrogen and oxygen atoms in total. The van der Waals surface area contributed by atoms with E-state index in [1.807, 2.05) is 18.2 Å². The number of ketones is 1. The second-order valence-electron chi connectivity index (χ2n) is 4.77. The Morgan fingerprint density at radius 2 is 1.95 bits per heavy atom. The lowest BCUT2D eigenvalue weighted by molar-refractivity contribution is 0.101. The number of hydrogen-bond acceptors (Lipinski definition) is 3. The number of hydrogen-bond donors (Lipinski definition) is 2. The lowest BCUT2D eigenvalue weighted by atomic mass is 10.1. The Bertz CT molecular complexity index is 671. The summed E-state index contributed by atoms with van der Waals surface area (Å²) in [6, 6.07) is 10.8. The molecule has 110 valence electrons. The smallest absolute Gasteiger partial charge is 0.161 e. The van der Waals surface area contributed by atoms with Crippen molar-refractivity contribution in [3.8, 4) is 0 Å². The Morgan fingerprint density at radius 1 is 1.19 bits per heavy atom. The first-order valence-corrected chi connectivity index (χ1v) is 7.31. The highest BCUT2D eigenvalue weighted by atomic mass is 35.5. The molecule has 0 saturated carbocycles. The van der Waals surface area contributed by atoms with Gasteiger partial charge in [0.15, 0.2) is 5.78 Å². The van der Waals surface area contributed by atoms with Crippen molar-refractivity contribution >= 4 is 40.4 Å². The van der Waals surface area contributed by atoms with Crippen molar-refractivity contribution in [2.75, 3.05) is 17.6 Å². The SMILES string of the molecule is CC(=O)c1cc(NCCc2ccc(Cl)cc2Cl)ccc1N. The van der Waals surface area contributed by atoms with Crippen LogP contribution in [-0.4, -0.2) is 12.3 Å². The van der Waals surface area contributed by atoms with E-state index in [0.717, 1.165) is 17.7 Å². The van der Waals surface area contributed by atoms with E-state index in [4.69, 9.17) is 28.9 Å². The van der Waals surface area contributed by atoms with Gasteiger partial charge in [0.05, 0.1) is 0 Å². The topological polar surface area (TPSA) is 55.1 Å². The van der Waals surface area contributed by atoms with Crippen LogP contribution in [0.2, 0.25) is 10.0 Å². The zero-order valence-corrected chi connectivity index (χ0v) is 13.1. The number of anilines is 2. The largest absolute Gasteiger partial charge is 0.398 e. The van der Waals surface area contributed by atoms with E-state index < -0.39 is 0 Å². The Balaban J connectivity index is 2.00. The average molecular weight is 323 g/mol. The first-order chi connectivity index (χ1) is 9.97. The molecule has 0 amide bonds. The zero-order chi connectivity index (χ0) is 15.4. The molecule has 2 aromatic rings. The van der Waals surface area contributed by atoms with Crippen LogP contribution < -0.4 is 11.1 Å². The van der Waals surface area contributed by atoms with Crippen LogP contribution in [0.4, 0.5) is 11.4 Å². The Kier molecular flexibility index (Phi) is 5.10. The van der Waals surface area contributed by atoms with Gasteiger partial charge in [-0.2, -0.15) is 0 Å². The summed E-state index contributed by atoms with van der Waals surface area (Å²) in [5.74, 6) is -0.0445. The molecule has 5 heteroatoms. The van der Waals surface area contributed by atoms with Crippen LogP contribution in [0.1, 0.15) is 22.8 Å². The summed E-state index contributed by atoms with van der Waals surface area (Å²) in [7, 11) is 0. The molecule has 0 bridgehead atoms. The number of carbonyl (C=O) groups excluding carboxylic acids is 1. The minimum absolute atomic E-state index is 0.0445. The van der Waals surface area contributed by atoms with Gasteiger partial charge in [-0.15, -0.1) is 0 Å². The number of halogens is 2. The molecule has 2 aromatic carbocycles. The lowest BCUT2D eigenvalue weighted by Gasteiger charge is -2.10. The number of benzene rings is 2. The molecule has 3 N–H and O–H groups in total. The van der Waals surface area contributed by atoms with Gasteiger partial charge < -0.3 is 11.1 Å². The molecular formula is C16H16Cl2N2O. The van der Waals surface area contributed by atoms with Gasteiger partial charge in [0.25, 0.3) is 0 Å². The van der Waals surface area contributed by atoms with E-state index in [-0.39, 0.29) is 5.78 Å². The number of carbonyl (C=O) groups is 1. The highest BCUT2D eigenvalue weighted by molar-refractivity contribution is 6.35. The molecule has 0 unspecified atom stereocenters. The third kappa shape index (κ3) is 4.13. The third-order valence-electron chi connectivity index (χ3n) is 3.17. The molecule has 21 heavy (non-hydrogen) atoms. The summed E-state index contributed by atoms with van der Waals surface area (Å²) in [5.41, 5.74) is 8.68. The highest BCUT2D eigenvalue weighted by Crippen LogP contribution is 2.22. The molecule has 0 spiro atoms. The Morgan fingerprint density at radius 3 is 2.62 bits per heavy atom. The molecule has 2 rings (SSSR count). The van der Waals surface area contributed by atoms with E-state index in [0.29, 0.717) is 27.8 Å². The monoisotopic (exact) mass is 322 g/mol. The highest BCUT2D eigenvalue weighted by Gasteiger charge is 2.06. The van der Waals surface area contributed by atoms with Crippen LogP contribution in [0, 0.1) is 0 Å². The first-order valence-electron chi connectivity index (χ1n) is 6.55. The number of Topliss-reactive ketones (excluding diaryl/α,β-unsaturated/α-hetero) is 1. The molecular weight excluding hydrogens is 307 g/mol. The van der Waals surface area contributed by atoms with Gasteiger partial charge in [-0.1, -0.05) is 29.3 Å². The van der Waals surface area contributed by atoms with Gasteiger partial charge in [-0.05, 0) is 49.2 Å². The summed E-state index contributed by atoms with van der Waals surface area (Å²) < 4.78 is 0. The fourth-order valence-corrected chi connectivity index (χ4v) is 2.54. The Hall–Kier alpha value is -1.71. The van der Waals surface area contributed by atoms with E-state index in [2.05, 4.69) is 5.32 Å². The fraction of sp³-hybridized carbons (Fsp3) is 0.188. The van der Waals surface area contributed by atoms with E-state index in [1.54, 1.807) is 18.2 Å². The van der Waals surface area contributed by atoms with E-state index in [1.165, 1.54) is 6.92 Å². The maximum absolute atomic E-state index is 11.5. The number of rotatable bonds is 5. The van der Waals surface area contributed by atoms with E-state index in [9.17, 15) is 4.79 Å². The maximum atomic E-state index is 11.5. The van der Waals surface area contributed by atoms with Gasteiger partial charge in [-0.3, -0.25) is 4.79 Å². The molecule has 0 aliphatic carbocycles. The zero-order valence-electron chi connectivity index (χ0n) is 11.6. The van der Waals surface area contributed by atoms with Crippen molar-refractivity contribution < 1.29 is 4.79 Å². The maximum Gasteiger partial charge on any atom is 0.161 e. The number of nitrogen functional groups attached to an aromatic ring is 1. The standard InChI is InChI=1S/C16H16Cl2N2O/c1-10(21)14-9-13(4-5-16(14)19)20-7-6-11-2-3-12(17)8-15(11)18/h2-5,8-9,20H,6-7,19H2,1H3. The first kappa shape index (κ1) is 15.7. The van der Waals surface area contributed by atoms with Crippen LogP contribution in [0.25, 0.3) is 0 Å². The molecule has 0 fully saturated rings. The number of nitrogens with two attached hydrogens (primary N) is 1. The van der Waals surface area contributed by atoms with Gasteiger partial charge in [0, 0.05) is 33.5 Å². The summed E-state index contributed by atoms with van der Waals surface area (Å²) in [4.78, 5) is 11.5. The Labute approximate surface area is 134 Å². The minimum atomic E-state index is -0.0445. The van der Waals surface area contributed by atoms with Crippen LogP contribution in [0.5, 0.6) is 0 Å². The van der Waals surface area contributed by atoms with Crippen molar-refractivity contribution in [2.24, 2.45) is 0 Å². The summed E-state index contributed by atoms with van der Waals surface area (Å²) >= 11 is 12.0. The minimum Gasteiger partial charge on any atom is -0.398 e. The summed E-state index contributed by atoms with van der Waals surface area (Å²) in [5, 5.41) is 4.54. The van der Waals surface area contributed by atoms with Crippen molar-refractivity contribution in [2.45, 2.75) is 13.3 Å². The normalized spacial score (nSPS) is 10.4.